The van der Waals surface area contributed by atoms with Gasteiger partial charge in [0, 0.05) is 12.3 Å². The number of hydrogen-bond donors (Lipinski definition) is 1. The summed E-state index contributed by atoms with van der Waals surface area (Å²) in [7, 11) is 0. The molecule has 1 atom stereocenters. The van der Waals surface area contributed by atoms with E-state index in [2.05, 4.69) is 21.8 Å². The lowest BCUT2D eigenvalue weighted by Gasteiger charge is -2.07. The summed E-state index contributed by atoms with van der Waals surface area (Å²) in [4.78, 5) is 0. The van der Waals surface area contributed by atoms with Gasteiger partial charge in [-0.3, -0.25) is 0 Å². The quantitative estimate of drug-likeness (QED) is 0.662. The second-order valence-corrected chi connectivity index (χ2v) is 3.71. The molecule has 1 unspecified atom stereocenters. The standard InChI is InChI=1S/C6H9N4S/c1-2-11-6(7-1)3-10-4-8-9-5-10/h4,6-7H,1-3H2. The normalized spacial score (nSPS) is 24.2. The van der Waals surface area contributed by atoms with Crippen LogP contribution in [0.4, 0.5) is 0 Å². The van der Waals surface area contributed by atoms with E-state index in [1.165, 1.54) is 5.75 Å². The molecule has 0 aliphatic carbocycles. The molecule has 0 amide bonds. The summed E-state index contributed by atoms with van der Waals surface area (Å²) in [6.07, 6.45) is 4.46. The van der Waals surface area contributed by atoms with Crippen LogP contribution in [0, 0.1) is 6.33 Å². The lowest BCUT2D eigenvalue weighted by atomic mass is 10.6. The van der Waals surface area contributed by atoms with E-state index >= 15 is 0 Å². The summed E-state index contributed by atoms with van der Waals surface area (Å²) in [5.41, 5.74) is 0. The van der Waals surface area contributed by atoms with Crippen LogP contribution in [0.1, 0.15) is 0 Å². The molecule has 0 aromatic carbocycles. The minimum atomic E-state index is 0.516. The van der Waals surface area contributed by atoms with Crippen LogP contribution in [0.25, 0.3) is 0 Å². The monoisotopic (exact) mass is 169 g/mol. The Balaban J connectivity index is 1.90. The van der Waals surface area contributed by atoms with Crippen molar-refractivity contribution in [1.82, 2.24) is 20.1 Å². The Morgan fingerprint density at radius 2 is 2.82 bits per heavy atom. The maximum absolute atomic E-state index is 3.68. The van der Waals surface area contributed by atoms with E-state index in [1.54, 1.807) is 6.33 Å². The first-order valence-electron chi connectivity index (χ1n) is 3.55. The zero-order valence-electron chi connectivity index (χ0n) is 6.03. The van der Waals surface area contributed by atoms with Gasteiger partial charge in [-0.15, -0.1) is 22.0 Å². The fourth-order valence-electron chi connectivity index (χ4n) is 1.06. The molecule has 0 saturated carbocycles. The van der Waals surface area contributed by atoms with Crippen LogP contribution in [0.5, 0.6) is 0 Å². The summed E-state index contributed by atoms with van der Waals surface area (Å²) in [5, 5.41) is 11.2. The van der Waals surface area contributed by atoms with E-state index in [9.17, 15) is 0 Å². The molecule has 1 aliphatic rings. The summed E-state index contributed by atoms with van der Waals surface area (Å²) >= 11 is 1.93. The first-order valence-corrected chi connectivity index (χ1v) is 4.60. The van der Waals surface area contributed by atoms with Gasteiger partial charge in [0.25, 0.3) is 0 Å². The zero-order valence-corrected chi connectivity index (χ0v) is 6.84. The van der Waals surface area contributed by atoms with E-state index in [1.807, 2.05) is 16.3 Å². The maximum Gasteiger partial charge on any atom is 0.201 e. The highest BCUT2D eigenvalue weighted by Crippen LogP contribution is 2.14. The van der Waals surface area contributed by atoms with Gasteiger partial charge in [0.15, 0.2) is 0 Å². The molecule has 11 heavy (non-hydrogen) atoms. The van der Waals surface area contributed by atoms with Gasteiger partial charge in [0.2, 0.25) is 6.33 Å². The molecule has 0 bridgehead atoms. The molecule has 1 aliphatic heterocycles. The van der Waals surface area contributed by atoms with Gasteiger partial charge in [-0.2, -0.15) is 0 Å². The van der Waals surface area contributed by atoms with Crippen LogP contribution in [-0.2, 0) is 6.54 Å². The number of aromatic nitrogens is 3. The van der Waals surface area contributed by atoms with E-state index in [4.69, 9.17) is 0 Å². The fraction of sp³-hybridized carbons (Fsp3) is 0.667. The molecule has 5 heteroatoms. The van der Waals surface area contributed by atoms with Crippen molar-refractivity contribution in [2.75, 3.05) is 12.3 Å². The molecule has 1 aromatic heterocycles. The summed E-state index contributed by atoms with van der Waals surface area (Å²) in [6, 6.07) is 0. The first-order chi connectivity index (χ1) is 5.45. The highest BCUT2D eigenvalue weighted by atomic mass is 32.2. The van der Waals surface area contributed by atoms with Crippen LogP contribution >= 0.6 is 11.8 Å². The minimum absolute atomic E-state index is 0.516. The first kappa shape index (κ1) is 7.12. The van der Waals surface area contributed by atoms with Crippen LogP contribution < -0.4 is 5.32 Å². The third-order valence-electron chi connectivity index (χ3n) is 1.58. The fourth-order valence-corrected chi connectivity index (χ4v) is 2.08. The van der Waals surface area contributed by atoms with E-state index < -0.39 is 0 Å². The predicted octanol–water partition coefficient (Wildman–Crippen LogP) is -0.259. The molecular formula is C6H9N4S. The van der Waals surface area contributed by atoms with Gasteiger partial charge in [0.1, 0.15) is 6.33 Å². The third kappa shape index (κ3) is 1.72. The molecule has 2 rings (SSSR count). The Morgan fingerprint density at radius 3 is 3.45 bits per heavy atom. The highest BCUT2D eigenvalue weighted by molar-refractivity contribution is 8.00. The largest absolute Gasteiger partial charge is 0.308 e. The van der Waals surface area contributed by atoms with Crippen molar-refractivity contribution in [2.24, 2.45) is 0 Å². The van der Waals surface area contributed by atoms with Crippen molar-refractivity contribution in [1.29, 1.82) is 0 Å². The van der Waals surface area contributed by atoms with Crippen molar-refractivity contribution < 1.29 is 0 Å². The Labute approximate surface area is 69.4 Å². The molecule has 1 radical (unpaired) electrons. The summed E-state index contributed by atoms with van der Waals surface area (Å²) in [5.74, 6) is 1.20. The van der Waals surface area contributed by atoms with Crippen molar-refractivity contribution in [3.05, 3.63) is 12.7 Å². The van der Waals surface area contributed by atoms with Crippen LogP contribution in [-0.4, -0.2) is 32.4 Å². The van der Waals surface area contributed by atoms with Gasteiger partial charge < -0.3 is 9.88 Å². The molecule has 1 N–H and O–H groups in total. The third-order valence-corrected chi connectivity index (χ3v) is 2.74. The van der Waals surface area contributed by atoms with Gasteiger partial charge in [-0.05, 0) is 0 Å². The Kier molecular flexibility index (Phi) is 2.09. The Bertz CT molecular complexity index is 204. The van der Waals surface area contributed by atoms with Gasteiger partial charge >= 0.3 is 0 Å². The van der Waals surface area contributed by atoms with Gasteiger partial charge in [-0.25, -0.2) is 0 Å². The van der Waals surface area contributed by atoms with E-state index in [0.717, 1.165) is 13.1 Å². The van der Waals surface area contributed by atoms with Crippen molar-refractivity contribution in [2.45, 2.75) is 11.9 Å². The number of nitrogens with one attached hydrogen (secondary N) is 1. The lowest BCUT2D eigenvalue weighted by Crippen LogP contribution is -2.24. The summed E-state index contributed by atoms with van der Waals surface area (Å²) < 4.78 is 1.87. The maximum atomic E-state index is 3.68. The van der Waals surface area contributed by atoms with Crippen molar-refractivity contribution in [3.63, 3.8) is 0 Å². The SMILES string of the molecule is [c]1nncn1CC1NCCS1. The average Bonchev–Trinajstić information content (AvgIpc) is 2.60. The van der Waals surface area contributed by atoms with Crippen LogP contribution in [0.2, 0.25) is 0 Å². The topological polar surface area (TPSA) is 42.7 Å². The lowest BCUT2D eigenvalue weighted by molar-refractivity contribution is 0.593. The van der Waals surface area contributed by atoms with Crippen LogP contribution in [0.15, 0.2) is 6.33 Å². The Hall–Kier alpha value is -0.550. The molecule has 4 nitrogen and oxygen atoms in total. The van der Waals surface area contributed by atoms with E-state index in [0.29, 0.717) is 5.37 Å². The average molecular weight is 169 g/mol. The molecule has 2 heterocycles. The molecule has 1 aromatic rings. The van der Waals surface area contributed by atoms with Gasteiger partial charge in [0.05, 0.1) is 11.9 Å². The smallest absolute Gasteiger partial charge is 0.201 e. The molecular weight excluding hydrogens is 160 g/mol. The predicted molar refractivity (Wildman–Crippen MR) is 43.1 cm³/mol. The number of hydrogen-bond acceptors (Lipinski definition) is 4. The molecule has 1 saturated heterocycles. The highest BCUT2D eigenvalue weighted by Gasteiger charge is 2.14. The second-order valence-electron chi connectivity index (χ2n) is 2.40. The molecule has 59 valence electrons. The van der Waals surface area contributed by atoms with Crippen LogP contribution in [0.3, 0.4) is 0 Å². The molecule has 0 spiro atoms. The second kappa shape index (κ2) is 3.23. The van der Waals surface area contributed by atoms with Crippen molar-refractivity contribution in [3.8, 4) is 0 Å². The minimum Gasteiger partial charge on any atom is -0.308 e. The molecule has 1 fully saturated rings. The number of thioether (sulfide) groups is 1. The number of nitrogens with zero attached hydrogens (tertiary/aromatic N) is 3. The summed E-state index contributed by atoms with van der Waals surface area (Å²) in [6.45, 7) is 2.02. The zero-order chi connectivity index (χ0) is 7.52. The Morgan fingerprint density at radius 1 is 1.82 bits per heavy atom. The van der Waals surface area contributed by atoms with E-state index in [-0.39, 0.29) is 0 Å². The number of rotatable bonds is 2. The van der Waals surface area contributed by atoms with Crippen molar-refractivity contribution >= 4 is 11.8 Å². The van der Waals surface area contributed by atoms with Gasteiger partial charge in [-0.1, -0.05) is 0 Å².